The Balaban J connectivity index is 2.42. The molecular formula is C11H10ClNO. The summed E-state index contributed by atoms with van der Waals surface area (Å²) < 4.78 is 5.56. The van der Waals surface area contributed by atoms with Gasteiger partial charge in [0.05, 0.1) is 17.5 Å². The van der Waals surface area contributed by atoms with E-state index in [1.807, 2.05) is 19.1 Å². The van der Waals surface area contributed by atoms with Gasteiger partial charge in [-0.1, -0.05) is 17.7 Å². The van der Waals surface area contributed by atoms with E-state index in [1.54, 1.807) is 0 Å². The van der Waals surface area contributed by atoms with E-state index in [2.05, 4.69) is 6.07 Å². The molecule has 0 saturated heterocycles. The maximum Gasteiger partial charge on any atom is 0.141 e. The largest absolute Gasteiger partial charge is 0.489 e. The number of hydrogen-bond acceptors (Lipinski definition) is 2. The molecule has 0 saturated carbocycles. The molecule has 0 aromatic heterocycles. The Morgan fingerprint density at radius 1 is 1.64 bits per heavy atom. The lowest BCUT2D eigenvalue weighted by Gasteiger charge is -2.05. The van der Waals surface area contributed by atoms with Crippen LogP contribution in [-0.4, -0.2) is 6.10 Å². The van der Waals surface area contributed by atoms with Crippen LogP contribution in [0, 0.1) is 11.3 Å². The summed E-state index contributed by atoms with van der Waals surface area (Å²) in [5.41, 5.74) is 2.09. The van der Waals surface area contributed by atoms with E-state index in [-0.39, 0.29) is 6.10 Å². The summed E-state index contributed by atoms with van der Waals surface area (Å²) in [5.74, 6) is 0.792. The number of ether oxygens (including phenoxy) is 1. The topological polar surface area (TPSA) is 33.0 Å². The van der Waals surface area contributed by atoms with Crippen LogP contribution in [0.1, 0.15) is 18.1 Å². The highest BCUT2D eigenvalue weighted by Crippen LogP contribution is 2.36. The fourth-order valence-electron chi connectivity index (χ4n) is 1.74. The molecule has 0 spiro atoms. The van der Waals surface area contributed by atoms with Gasteiger partial charge in [-0.2, -0.15) is 5.26 Å². The smallest absolute Gasteiger partial charge is 0.141 e. The molecule has 0 amide bonds. The van der Waals surface area contributed by atoms with Crippen molar-refractivity contribution in [1.82, 2.24) is 0 Å². The van der Waals surface area contributed by atoms with Gasteiger partial charge in [-0.3, -0.25) is 0 Å². The van der Waals surface area contributed by atoms with Gasteiger partial charge in [-0.05, 0) is 24.1 Å². The van der Waals surface area contributed by atoms with Crippen LogP contribution < -0.4 is 4.74 Å². The van der Waals surface area contributed by atoms with Gasteiger partial charge in [0.2, 0.25) is 0 Å². The van der Waals surface area contributed by atoms with Gasteiger partial charge >= 0.3 is 0 Å². The van der Waals surface area contributed by atoms with E-state index in [0.29, 0.717) is 11.4 Å². The number of nitriles is 1. The number of nitrogens with zero attached hydrogens (tertiary/aromatic N) is 1. The predicted molar refractivity (Wildman–Crippen MR) is 54.6 cm³/mol. The van der Waals surface area contributed by atoms with Crippen LogP contribution in [0.25, 0.3) is 0 Å². The van der Waals surface area contributed by atoms with Crippen LogP contribution >= 0.6 is 11.6 Å². The van der Waals surface area contributed by atoms with Gasteiger partial charge < -0.3 is 4.74 Å². The third kappa shape index (κ3) is 1.56. The van der Waals surface area contributed by atoms with Crippen molar-refractivity contribution in [2.24, 2.45) is 0 Å². The lowest BCUT2D eigenvalue weighted by molar-refractivity contribution is 0.255. The first-order chi connectivity index (χ1) is 6.70. The van der Waals surface area contributed by atoms with E-state index in [9.17, 15) is 0 Å². The van der Waals surface area contributed by atoms with Crippen LogP contribution in [0.5, 0.6) is 5.75 Å². The highest BCUT2D eigenvalue weighted by Gasteiger charge is 2.22. The van der Waals surface area contributed by atoms with Gasteiger partial charge in [0, 0.05) is 6.42 Å². The van der Waals surface area contributed by atoms with Crippen molar-refractivity contribution in [3.8, 4) is 11.8 Å². The third-order valence-corrected chi connectivity index (χ3v) is 2.57. The molecule has 0 fully saturated rings. The van der Waals surface area contributed by atoms with Crippen LogP contribution in [0.3, 0.4) is 0 Å². The number of rotatable bonds is 1. The molecule has 2 rings (SSSR count). The zero-order chi connectivity index (χ0) is 10.1. The minimum atomic E-state index is 0.194. The van der Waals surface area contributed by atoms with Crippen molar-refractivity contribution >= 4 is 11.6 Å². The molecule has 14 heavy (non-hydrogen) atoms. The highest BCUT2D eigenvalue weighted by atomic mass is 35.5. The van der Waals surface area contributed by atoms with Crippen molar-refractivity contribution in [2.45, 2.75) is 25.9 Å². The molecule has 72 valence electrons. The molecule has 2 nitrogen and oxygen atoms in total. The average molecular weight is 208 g/mol. The Kier molecular flexibility index (Phi) is 2.35. The molecule has 1 atom stereocenters. The van der Waals surface area contributed by atoms with Crippen molar-refractivity contribution < 1.29 is 4.74 Å². The highest BCUT2D eigenvalue weighted by molar-refractivity contribution is 6.32. The molecule has 1 aliphatic heterocycles. The molecule has 3 heteroatoms. The van der Waals surface area contributed by atoms with Crippen molar-refractivity contribution in [2.75, 3.05) is 0 Å². The number of fused-ring (bicyclic) bond motifs is 1. The predicted octanol–water partition coefficient (Wildman–Crippen LogP) is 2.73. The third-order valence-electron chi connectivity index (χ3n) is 2.29. The molecule has 1 aromatic carbocycles. The van der Waals surface area contributed by atoms with Crippen LogP contribution in [-0.2, 0) is 12.8 Å². The summed E-state index contributed by atoms with van der Waals surface area (Å²) in [6.45, 7) is 2.01. The Morgan fingerprint density at radius 3 is 3.14 bits per heavy atom. The maximum absolute atomic E-state index is 8.59. The van der Waals surface area contributed by atoms with E-state index in [0.717, 1.165) is 23.3 Å². The Bertz CT molecular complexity index is 408. The van der Waals surface area contributed by atoms with Crippen LogP contribution in [0.15, 0.2) is 12.1 Å². The molecule has 0 N–H and O–H groups in total. The quantitative estimate of drug-likeness (QED) is 0.710. The van der Waals surface area contributed by atoms with Crippen molar-refractivity contribution in [1.29, 1.82) is 5.26 Å². The van der Waals surface area contributed by atoms with Gasteiger partial charge in [0.15, 0.2) is 0 Å². The zero-order valence-electron chi connectivity index (χ0n) is 7.88. The first kappa shape index (κ1) is 9.36. The minimum absolute atomic E-state index is 0.194. The van der Waals surface area contributed by atoms with E-state index >= 15 is 0 Å². The number of benzene rings is 1. The lowest BCUT2D eigenvalue weighted by atomic mass is 10.1. The Hall–Kier alpha value is -1.20. The fraction of sp³-hybridized carbons (Fsp3) is 0.364. The van der Waals surface area contributed by atoms with Gasteiger partial charge in [0.1, 0.15) is 11.9 Å². The maximum atomic E-state index is 8.59. The van der Waals surface area contributed by atoms with E-state index in [1.165, 1.54) is 0 Å². The number of hydrogen-bond donors (Lipinski definition) is 0. The molecule has 0 aliphatic carbocycles. The molecule has 1 aliphatic rings. The summed E-state index contributed by atoms with van der Waals surface area (Å²) in [4.78, 5) is 0. The fourth-order valence-corrected chi connectivity index (χ4v) is 2.05. The molecule has 0 radical (unpaired) electrons. The van der Waals surface area contributed by atoms with Crippen LogP contribution in [0.2, 0.25) is 5.02 Å². The van der Waals surface area contributed by atoms with Crippen molar-refractivity contribution in [3.05, 3.63) is 28.3 Å². The monoisotopic (exact) mass is 207 g/mol. The zero-order valence-corrected chi connectivity index (χ0v) is 8.64. The standard InChI is InChI=1S/C11H10ClNO/c1-7-4-9-5-8(2-3-13)6-10(12)11(9)14-7/h5-7H,2,4H2,1H3/t7-/m0/s1. The van der Waals surface area contributed by atoms with Gasteiger partial charge in [-0.25, -0.2) is 0 Å². The molecule has 1 heterocycles. The second kappa shape index (κ2) is 3.51. The van der Waals surface area contributed by atoms with E-state index < -0.39 is 0 Å². The molecule has 0 unspecified atom stereocenters. The van der Waals surface area contributed by atoms with Gasteiger partial charge in [-0.15, -0.1) is 0 Å². The molecular weight excluding hydrogens is 198 g/mol. The summed E-state index contributed by atoms with van der Waals surface area (Å²) in [5, 5.41) is 9.21. The summed E-state index contributed by atoms with van der Waals surface area (Å²) in [7, 11) is 0. The summed E-state index contributed by atoms with van der Waals surface area (Å²) >= 11 is 6.04. The SMILES string of the molecule is C[C@H]1Cc2cc(CC#N)cc(Cl)c2O1. The normalized spacial score (nSPS) is 18.5. The van der Waals surface area contributed by atoms with E-state index in [4.69, 9.17) is 21.6 Å². The molecule has 1 aromatic rings. The summed E-state index contributed by atoms with van der Waals surface area (Å²) in [6.07, 6.45) is 1.48. The van der Waals surface area contributed by atoms with Crippen molar-refractivity contribution in [3.63, 3.8) is 0 Å². The second-order valence-corrected chi connectivity index (χ2v) is 3.94. The summed E-state index contributed by atoms with van der Waals surface area (Å²) in [6, 6.07) is 5.93. The Morgan fingerprint density at radius 2 is 2.43 bits per heavy atom. The molecule has 0 bridgehead atoms. The lowest BCUT2D eigenvalue weighted by Crippen LogP contribution is -2.05. The van der Waals surface area contributed by atoms with Crippen LogP contribution in [0.4, 0.5) is 0 Å². The minimum Gasteiger partial charge on any atom is -0.489 e. The second-order valence-electron chi connectivity index (χ2n) is 3.53. The first-order valence-electron chi connectivity index (χ1n) is 4.55. The number of halogens is 1. The Labute approximate surface area is 88.1 Å². The van der Waals surface area contributed by atoms with Gasteiger partial charge in [0.25, 0.3) is 0 Å². The average Bonchev–Trinajstić information content (AvgIpc) is 2.47. The first-order valence-corrected chi connectivity index (χ1v) is 4.93.